The summed E-state index contributed by atoms with van der Waals surface area (Å²) < 4.78 is 0. The Morgan fingerprint density at radius 2 is 2.00 bits per heavy atom. The Morgan fingerprint density at radius 1 is 1.46 bits per heavy atom. The van der Waals surface area contributed by atoms with Crippen molar-refractivity contribution in [1.29, 1.82) is 0 Å². The third-order valence-electron chi connectivity index (χ3n) is 2.07. The SMILES string of the molecule is C=C1CCC/C1=C(/S)C(C)P.CC. The molecule has 0 aliphatic heterocycles. The first-order chi connectivity index (χ1) is 6.13. The molecule has 76 valence electrons. The van der Waals surface area contributed by atoms with Gasteiger partial charge in [-0.05, 0) is 29.7 Å². The maximum atomic E-state index is 4.48. The highest BCUT2D eigenvalue weighted by Gasteiger charge is 2.15. The molecule has 1 rings (SSSR count). The van der Waals surface area contributed by atoms with Gasteiger partial charge in [-0.25, -0.2) is 0 Å². The van der Waals surface area contributed by atoms with Crippen molar-refractivity contribution < 1.29 is 0 Å². The smallest absolute Gasteiger partial charge is 0.00172 e. The van der Waals surface area contributed by atoms with Crippen molar-refractivity contribution in [1.82, 2.24) is 0 Å². The Morgan fingerprint density at radius 3 is 2.31 bits per heavy atom. The molecule has 0 spiro atoms. The molecule has 2 unspecified atom stereocenters. The minimum absolute atomic E-state index is 0.475. The summed E-state index contributed by atoms with van der Waals surface area (Å²) in [6.45, 7) is 10.2. The molecule has 0 nitrogen and oxygen atoms in total. The monoisotopic (exact) mass is 216 g/mol. The van der Waals surface area contributed by atoms with Crippen LogP contribution in [-0.4, -0.2) is 5.66 Å². The number of thiol groups is 1. The van der Waals surface area contributed by atoms with E-state index in [0.717, 1.165) is 6.42 Å². The molecular weight excluding hydrogens is 195 g/mol. The summed E-state index contributed by atoms with van der Waals surface area (Å²) >= 11 is 4.48. The van der Waals surface area contributed by atoms with E-state index in [2.05, 4.69) is 35.4 Å². The lowest BCUT2D eigenvalue weighted by Crippen LogP contribution is -1.93. The summed E-state index contributed by atoms with van der Waals surface area (Å²) in [7, 11) is 2.77. The van der Waals surface area contributed by atoms with Gasteiger partial charge in [0.25, 0.3) is 0 Å². The van der Waals surface area contributed by atoms with Crippen molar-refractivity contribution >= 4 is 21.9 Å². The average molecular weight is 216 g/mol. The molecule has 0 N–H and O–H groups in total. The molecule has 1 saturated carbocycles. The van der Waals surface area contributed by atoms with Gasteiger partial charge >= 0.3 is 0 Å². The van der Waals surface area contributed by atoms with Crippen molar-refractivity contribution in [3.05, 3.63) is 22.6 Å². The Balaban J connectivity index is 0.000000671. The van der Waals surface area contributed by atoms with Crippen molar-refractivity contribution in [2.24, 2.45) is 0 Å². The fourth-order valence-corrected chi connectivity index (χ4v) is 1.86. The van der Waals surface area contributed by atoms with Crippen LogP contribution in [0.25, 0.3) is 0 Å². The second-order valence-corrected chi connectivity index (χ2v) is 4.59. The highest BCUT2D eigenvalue weighted by molar-refractivity contribution is 7.85. The molecule has 1 aliphatic rings. The number of hydrogen-bond acceptors (Lipinski definition) is 1. The molecule has 1 fully saturated rings. The van der Waals surface area contributed by atoms with Gasteiger partial charge in [-0.1, -0.05) is 32.9 Å². The van der Waals surface area contributed by atoms with Crippen molar-refractivity contribution in [2.75, 3.05) is 0 Å². The van der Waals surface area contributed by atoms with E-state index in [9.17, 15) is 0 Å². The second-order valence-electron chi connectivity index (χ2n) is 3.11. The molecule has 0 aromatic rings. The normalized spacial score (nSPS) is 22.1. The molecule has 0 aromatic carbocycles. The van der Waals surface area contributed by atoms with E-state index in [1.807, 2.05) is 13.8 Å². The molecule has 13 heavy (non-hydrogen) atoms. The number of hydrogen-bond donors (Lipinski definition) is 1. The van der Waals surface area contributed by atoms with Gasteiger partial charge in [0.1, 0.15) is 0 Å². The molecule has 0 heterocycles. The molecule has 0 amide bonds. The van der Waals surface area contributed by atoms with Gasteiger partial charge in [-0.15, -0.1) is 21.9 Å². The van der Waals surface area contributed by atoms with Gasteiger partial charge in [0, 0.05) is 5.66 Å². The fourth-order valence-electron chi connectivity index (χ4n) is 1.39. The summed E-state index contributed by atoms with van der Waals surface area (Å²) in [5.41, 5.74) is 3.17. The molecule has 1 aliphatic carbocycles. The summed E-state index contributed by atoms with van der Waals surface area (Å²) in [6.07, 6.45) is 3.60. The van der Waals surface area contributed by atoms with Crippen LogP contribution in [0.15, 0.2) is 22.6 Å². The van der Waals surface area contributed by atoms with E-state index in [-0.39, 0.29) is 0 Å². The first-order valence-corrected chi connectivity index (χ1v) is 6.10. The third-order valence-corrected chi connectivity index (χ3v) is 3.36. The van der Waals surface area contributed by atoms with Crippen LogP contribution in [0, 0.1) is 0 Å². The average Bonchev–Trinajstić information content (AvgIpc) is 2.53. The summed E-state index contributed by atoms with van der Waals surface area (Å²) in [6, 6.07) is 0. The first kappa shape index (κ1) is 13.3. The number of rotatable bonds is 1. The lowest BCUT2D eigenvalue weighted by Gasteiger charge is -2.09. The van der Waals surface area contributed by atoms with Gasteiger partial charge in [0.15, 0.2) is 0 Å². The highest BCUT2D eigenvalue weighted by Crippen LogP contribution is 2.35. The zero-order chi connectivity index (χ0) is 10.4. The molecule has 2 atom stereocenters. The van der Waals surface area contributed by atoms with Gasteiger partial charge < -0.3 is 0 Å². The fraction of sp³-hybridized carbons (Fsp3) is 0.636. The Labute approximate surface area is 90.5 Å². The quantitative estimate of drug-likeness (QED) is 0.493. The summed E-state index contributed by atoms with van der Waals surface area (Å²) in [5.74, 6) is 0. The Bertz CT molecular complexity index is 204. The van der Waals surface area contributed by atoms with Crippen LogP contribution >= 0.6 is 21.9 Å². The molecule has 2 heteroatoms. The largest absolute Gasteiger partial charge is 0.147 e. The topological polar surface area (TPSA) is 0 Å². The highest BCUT2D eigenvalue weighted by atomic mass is 32.1. The van der Waals surface area contributed by atoms with Gasteiger partial charge in [-0.2, -0.15) is 0 Å². The standard InChI is InChI=1S/C9H15PS.C2H6/c1-6-4-3-5-8(6)9(11)7(2)10;1-2/h7,11H,1,3-5,10H2,2H3;1-2H3/b9-8-;. The molecule has 0 saturated heterocycles. The first-order valence-electron chi connectivity index (χ1n) is 4.98. The molecule has 0 aromatic heterocycles. The van der Waals surface area contributed by atoms with Crippen LogP contribution < -0.4 is 0 Å². The van der Waals surface area contributed by atoms with Crippen LogP contribution in [-0.2, 0) is 0 Å². The van der Waals surface area contributed by atoms with E-state index in [0.29, 0.717) is 5.66 Å². The van der Waals surface area contributed by atoms with Crippen molar-refractivity contribution in [3.63, 3.8) is 0 Å². The lowest BCUT2D eigenvalue weighted by molar-refractivity contribution is 0.930. The molecular formula is C11H21PS. The Hall–Kier alpha value is 0.260. The van der Waals surface area contributed by atoms with E-state index in [4.69, 9.17) is 0 Å². The van der Waals surface area contributed by atoms with Gasteiger partial charge in [-0.3, -0.25) is 0 Å². The minimum Gasteiger partial charge on any atom is -0.147 e. The predicted octanol–water partition coefficient (Wildman–Crippen LogP) is 4.20. The zero-order valence-electron chi connectivity index (χ0n) is 8.93. The molecule has 0 radical (unpaired) electrons. The summed E-state index contributed by atoms with van der Waals surface area (Å²) in [4.78, 5) is 1.21. The van der Waals surface area contributed by atoms with E-state index < -0.39 is 0 Å². The maximum Gasteiger partial charge on any atom is 0.00172 e. The van der Waals surface area contributed by atoms with E-state index in [1.165, 1.54) is 28.9 Å². The van der Waals surface area contributed by atoms with E-state index >= 15 is 0 Å². The number of allylic oxidation sites excluding steroid dienone is 3. The zero-order valence-corrected chi connectivity index (χ0v) is 11.0. The van der Waals surface area contributed by atoms with Crippen LogP contribution in [0.1, 0.15) is 40.0 Å². The van der Waals surface area contributed by atoms with Gasteiger partial charge in [0.05, 0.1) is 0 Å². The maximum absolute atomic E-state index is 4.48. The van der Waals surface area contributed by atoms with Crippen LogP contribution in [0.5, 0.6) is 0 Å². The van der Waals surface area contributed by atoms with Gasteiger partial charge in [0.2, 0.25) is 0 Å². The summed E-state index contributed by atoms with van der Waals surface area (Å²) in [5, 5.41) is 0. The van der Waals surface area contributed by atoms with Crippen molar-refractivity contribution in [3.8, 4) is 0 Å². The molecule has 0 bridgehead atoms. The van der Waals surface area contributed by atoms with E-state index in [1.54, 1.807) is 0 Å². The van der Waals surface area contributed by atoms with Crippen LogP contribution in [0.3, 0.4) is 0 Å². The second kappa shape index (κ2) is 6.68. The van der Waals surface area contributed by atoms with Crippen LogP contribution in [0.4, 0.5) is 0 Å². The predicted molar refractivity (Wildman–Crippen MR) is 69.5 cm³/mol. The van der Waals surface area contributed by atoms with Crippen LogP contribution in [0.2, 0.25) is 0 Å². The lowest BCUT2D eigenvalue weighted by atomic mass is 10.1. The minimum atomic E-state index is 0.475. The Kier molecular flexibility index (Phi) is 6.81. The third kappa shape index (κ3) is 3.87. The van der Waals surface area contributed by atoms with Crippen molar-refractivity contribution in [2.45, 2.75) is 45.7 Å².